The van der Waals surface area contributed by atoms with E-state index in [0.29, 0.717) is 36.7 Å². The van der Waals surface area contributed by atoms with Crippen molar-refractivity contribution in [2.45, 2.75) is 18.9 Å². The molecule has 0 spiro atoms. The van der Waals surface area contributed by atoms with Crippen LogP contribution in [0.15, 0.2) is 36.9 Å². The molecule has 8 heteroatoms. The van der Waals surface area contributed by atoms with Crippen molar-refractivity contribution < 1.29 is 9.59 Å². The Hall–Kier alpha value is -3.03. The fraction of sp³-hybridized carbons (Fsp3) is 0.421. The summed E-state index contributed by atoms with van der Waals surface area (Å²) in [6.45, 7) is 1.85. The number of nitrogens with one attached hydrogen (secondary N) is 1. The van der Waals surface area contributed by atoms with Gasteiger partial charge < -0.3 is 15.1 Å². The van der Waals surface area contributed by atoms with Gasteiger partial charge in [-0.25, -0.2) is 9.97 Å². The lowest BCUT2D eigenvalue weighted by atomic mass is 9.94. The van der Waals surface area contributed by atoms with E-state index in [1.54, 1.807) is 31.6 Å². The fourth-order valence-corrected chi connectivity index (χ4v) is 3.93. The molecule has 0 aromatic carbocycles. The van der Waals surface area contributed by atoms with E-state index in [0.717, 1.165) is 12.8 Å². The van der Waals surface area contributed by atoms with Crippen LogP contribution in [0.5, 0.6) is 0 Å². The number of rotatable bonds is 3. The van der Waals surface area contributed by atoms with Gasteiger partial charge in [0.05, 0.1) is 6.20 Å². The van der Waals surface area contributed by atoms with Crippen molar-refractivity contribution in [2.75, 3.05) is 32.0 Å². The molecule has 2 atom stereocenters. The van der Waals surface area contributed by atoms with Gasteiger partial charge in [-0.1, -0.05) is 0 Å². The van der Waals surface area contributed by atoms with Gasteiger partial charge in [-0.3, -0.25) is 14.6 Å². The summed E-state index contributed by atoms with van der Waals surface area (Å²) in [7, 11) is 1.78. The molecule has 2 amide bonds. The Kier molecular flexibility index (Phi) is 4.70. The van der Waals surface area contributed by atoms with Gasteiger partial charge in [0.15, 0.2) is 0 Å². The highest BCUT2D eigenvalue weighted by molar-refractivity contribution is 5.95. The third-order valence-corrected chi connectivity index (χ3v) is 5.31. The Morgan fingerprint density at radius 3 is 2.74 bits per heavy atom. The minimum absolute atomic E-state index is 0.00241. The van der Waals surface area contributed by atoms with E-state index < -0.39 is 0 Å². The van der Waals surface area contributed by atoms with Gasteiger partial charge in [-0.05, 0) is 30.9 Å². The van der Waals surface area contributed by atoms with Crippen LogP contribution in [0, 0.1) is 5.92 Å². The predicted octanol–water partition coefficient (Wildman–Crippen LogP) is 1.29. The van der Waals surface area contributed by atoms with Crippen molar-refractivity contribution in [3.8, 4) is 0 Å². The number of anilines is 1. The molecule has 8 nitrogen and oxygen atoms in total. The number of hydrogen-bond acceptors (Lipinski definition) is 6. The van der Waals surface area contributed by atoms with Crippen molar-refractivity contribution in [3.63, 3.8) is 0 Å². The molecule has 3 aliphatic rings. The number of carbonyl (C=O) groups is 2. The predicted molar refractivity (Wildman–Crippen MR) is 99.3 cm³/mol. The van der Waals surface area contributed by atoms with Gasteiger partial charge in [0.2, 0.25) is 0 Å². The molecule has 3 aliphatic heterocycles. The summed E-state index contributed by atoms with van der Waals surface area (Å²) in [5.74, 6) is 0.826. The first-order valence-corrected chi connectivity index (χ1v) is 9.15. The van der Waals surface area contributed by atoms with Crippen molar-refractivity contribution in [1.82, 2.24) is 24.8 Å². The molecule has 2 bridgehead atoms. The summed E-state index contributed by atoms with van der Waals surface area (Å²) in [5.41, 5.74) is 0.971. The maximum Gasteiger partial charge on any atom is 0.274 e. The van der Waals surface area contributed by atoms with Crippen LogP contribution in [0.3, 0.4) is 0 Å². The minimum atomic E-state index is -0.115. The molecule has 1 N–H and O–H groups in total. The van der Waals surface area contributed by atoms with E-state index >= 15 is 0 Å². The van der Waals surface area contributed by atoms with E-state index in [1.807, 2.05) is 9.80 Å². The highest BCUT2D eigenvalue weighted by Crippen LogP contribution is 2.30. The molecule has 2 aromatic rings. The van der Waals surface area contributed by atoms with Gasteiger partial charge in [0.1, 0.15) is 11.5 Å². The summed E-state index contributed by atoms with van der Waals surface area (Å²) in [4.78, 5) is 41.9. The topological polar surface area (TPSA) is 91.3 Å². The van der Waals surface area contributed by atoms with Crippen LogP contribution in [0.25, 0.3) is 0 Å². The molecule has 0 radical (unpaired) electrons. The molecule has 3 saturated heterocycles. The molecular formula is C19H22N6O2. The van der Waals surface area contributed by atoms with Gasteiger partial charge in [0.25, 0.3) is 11.8 Å². The van der Waals surface area contributed by atoms with Crippen LogP contribution < -0.4 is 5.32 Å². The highest BCUT2D eigenvalue weighted by atomic mass is 16.2. The number of hydrogen-bond donors (Lipinski definition) is 1. The number of aromatic nitrogens is 3. The lowest BCUT2D eigenvalue weighted by Crippen LogP contribution is -2.47. The number of amides is 2. The van der Waals surface area contributed by atoms with Crippen LogP contribution in [0.1, 0.15) is 33.7 Å². The molecule has 0 saturated carbocycles. The van der Waals surface area contributed by atoms with E-state index in [1.165, 1.54) is 12.4 Å². The fourth-order valence-electron chi connectivity index (χ4n) is 3.93. The van der Waals surface area contributed by atoms with Crippen molar-refractivity contribution in [1.29, 1.82) is 0 Å². The first kappa shape index (κ1) is 17.4. The third-order valence-electron chi connectivity index (χ3n) is 5.31. The van der Waals surface area contributed by atoms with Gasteiger partial charge in [-0.15, -0.1) is 0 Å². The minimum Gasteiger partial charge on any atom is -0.373 e. The van der Waals surface area contributed by atoms with Gasteiger partial charge in [-0.2, -0.15) is 0 Å². The smallest absolute Gasteiger partial charge is 0.274 e. The Morgan fingerprint density at radius 1 is 1.07 bits per heavy atom. The second-order valence-corrected chi connectivity index (χ2v) is 7.04. The molecule has 140 valence electrons. The SMILES string of the molecule is CNc1cc(C(=O)N2C[C@H]3CC[C@@H]2CN(C(=O)c2cnccn2)C3)ccn1. The van der Waals surface area contributed by atoms with Crippen LogP contribution in [0.4, 0.5) is 5.82 Å². The number of fused-ring (bicyclic) bond motifs is 4. The molecule has 5 rings (SSSR count). The van der Waals surface area contributed by atoms with Crippen LogP contribution in [0.2, 0.25) is 0 Å². The summed E-state index contributed by atoms with van der Waals surface area (Å²) in [6, 6.07) is 3.52. The van der Waals surface area contributed by atoms with E-state index in [9.17, 15) is 9.59 Å². The molecule has 0 unspecified atom stereocenters. The average Bonchev–Trinajstić information content (AvgIpc) is 3.05. The Balaban J connectivity index is 1.54. The zero-order chi connectivity index (χ0) is 18.8. The second kappa shape index (κ2) is 7.30. The summed E-state index contributed by atoms with van der Waals surface area (Å²) in [6.07, 6.45) is 8.14. The number of nitrogens with zero attached hydrogens (tertiary/aromatic N) is 5. The second-order valence-electron chi connectivity index (χ2n) is 7.04. The van der Waals surface area contributed by atoms with Crippen molar-refractivity contribution in [2.24, 2.45) is 5.92 Å². The Bertz CT molecular complexity index is 843. The van der Waals surface area contributed by atoms with Crippen LogP contribution in [-0.2, 0) is 0 Å². The van der Waals surface area contributed by atoms with E-state index in [-0.39, 0.29) is 23.8 Å². The summed E-state index contributed by atoms with van der Waals surface area (Å²) >= 11 is 0. The number of pyridine rings is 1. The highest BCUT2D eigenvalue weighted by Gasteiger charge is 2.39. The van der Waals surface area contributed by atoms with E-state index in [2.05, 4.69) is 20.3 Å². The first-order valence-electron chi connectivity index (χ1n) is 9.15. The third kappa shape index (κ3) is 3.47. The van der Waals surface area contributed by atoms with Crippen LogP contribution in [-0.4, -0.2) is 69.3 Å². The number of carbonyl (C=O) groups excluding carboxylic acids is 2. The lowest BCUT2D eigenvalue weighted by molar-refractivity contribution is 0.0574. The van der Waals surface area contributed by atoms with Crippen LogP contribution >= 0.6 is 0 Å². The molecular weight excluding hydrogens is 344 g/mol. The standard InChI is InChI=1S/C19H22N6O2/c1-20-17-8-14(4-5-23-17)18(26)25-11-13-2-3-15(25)12-24(10-13)19(27)16-9-21-6-7-22-16/h4-9,13,15H,2-3,10-12H2,1H3,(H,20,23)/t13-,15+/m0/s1. The molecule has 3 fully saturated rings. The largest absolute Gasteiger partial charge is 0.373 e. The van der Waals surface area contributed by atoms with Crippen molar-refractivity contribution >= 4 is 17.6 Å². The normalized spacial score (nSPS) is 21.7. The Morgan fingerprint density at radius 2 is 1.96 bits per heavy atom. The average molecular weight is 366 g/mol. The Labute approximate surface area is 157 Å². The van der Waals surface area contributed by atoms with Crippen molar-refractivity contribution in [3.05, 3.63) is 48.2 Å². The quantitative estimate of drug-likeness (QED) is 0.880. The zero-order valence-electron chi connectivity index (χ0n) is 15.2. The molecule has 2 aromatic heterocycles. The molecule has 5 heterocycles. The maximum absolute atomic E-state index is 13.1. The molecule has 0 aliphatic carbocycles. The summed E-state index contributed by atoms with van der Waals surface area (Å²) < 4.78 is 0. The first-order chi connectivity index (χ1) is 13.2. The zero-order valence-corrected chi connectivity index (χ0v) is 15.2. The van der Waals surface area contributed by atoms with E-state index in [4.69, 9.17) is 0 Å². The maximum atomic E-state index is 13.1. The van der Waals surface area contributed by atoms with Gasteiger partial charge in [0, 0.05) is 56.9 Å². The molecule has 27 heavy (non-hydrogen) atoms. The monoisotopic (exact) mass is 366 g/mol. The lowest BCUT2D eigenvalue weighted by Gasteiger charge is -2.36. The van der Waals surface area contributed by atoms with Gasteiger partial charge >= 0.3 is 0 Å². The summed E-state index contributed by atoms with van der Waals surface area (Å²) in [5, 5.41) is 2.96. The number of piperidine rings is 1.